The Morgan fingerprint density at radius 2 is 2.14 bits per heavy atom. The van der Waals surface area contributed by atoms with E-state index in [1.807, 2.05) is 6.07 Å². The molecule has 2 unspecified atom stereocenters. The summed E-state index contributed by atoms with van der Waals surface area (Å²) in [5, 5.41) is 3.40. The minimum absolute atomic E-state index is 0.186. The first-order valence-corrected chi connectivity index (χ1v) is 5.28. The van der Waals surface area contributed by atoms with Crippen LogP contribution < -0.4 is 5.32 Å². The maximum atomic E-state index is 5.68. The number of rotatable bonds is 2. The molecule has 1 aliphatic heterocycles. The lowest BCUT2D eigenvalue weighted by Gasteiger charge is -2.29. The van der Waals surface area contributed by atoms with E-state index in [4.69, 9.17) is 4.74 Å². The van der Waals surface area contributed by atoms with Crippen LogP contribution in [0.3, 0.4) is 0 Å². The van der Waals surface area contributed by atoms with Crippen molar-refractivity contribution in [2.75, 3.05) is 13.2 Å². The highest BCUT2D eigenvalue weighted by Gasteiger charge is 2.20. The predicted octanol–water partition coefficient (Wildman–Crippen LogP) is 2.13. The van der Waals surface area contributed by atoms with E-state index in [9.17, 15) is 0 Å². The molecule has 2 heteroatoms. The van der Waals surface area contributed by atoms with Gasteiger partial charge in [0.25, 0.3) is 0 Å². The normalized spacial score (nSPS) is 24.5. The molecule has 1 aliphatic rings. The number of nitrogens with one attached hydrogen (secondary N) is 1. The summed E-state index contributed by atoms with van der Waals surface area (Å²) < 4.78 is 5.68. The first kappa shape index (κ1) is 9.69. The zero-order valence-electron chi connectivity index (χ0n) is 8.57. The van der Waals surface area contributed by atoms with Gasteiger partial charge in [-0.1, -0.05) is 37.3 Å². The third kappa shape index (κ3) is 2.14. The van der Waals surface area contributed by atoms with Crippen molar-refractivity contribution in [3.8, 4) is 0 Å². The van der Waals surface area contributed by atoms with Gasteiger partial charge >= 0.3 is 0 Å². The summed E-state index contributed by atoms with van der Waals surface area (Å²) in [5.41, 5.74) is 1.34. The van der Waals surface area contributed by atoms with Gasteiger partial charge in [0.05, 0.1) is 0 Å². The predicted molar refractivity (Wildman–Crippen MR) is 57.2 cm³/mol. The van der Waals surface area contributed by atoms with Crippen LogP contribution in [0.2, 0.25) is 0 Å². The van der Waals surface area contributed by atoms with E-state index in [2.05, 4.69) is 36.5 Å². The Hall–Kier alpha value is -0.860. The Morgan fingerprint density at radius 1 is 1.36 bits per heavy atom. The zero-order valence-corrected chi connectivity index (χ0v) is 8.57. The van der Waals surface area contributed by atoms with Crippen LogP contribution >= 0.6 is 0 Å². The summed E-state index contributed by atoms with van der Waals surface area (Å²) in [6.45, 7) is 4.16. The van der Waals surface area contributed by atoms with Crippen molar-refractivity contribution in [3.63, 3.8) is 0 Å². The van der Waals surface area contributed by atoms with Crippen molar-refractivity contribution in [2.24, 2.45) is 0 Å². The Morgan fingerprint density at radius 3 is 2.79 bits per heavy atom. The molecule has 0 aromatic heterocycles. The molecule has 14 heavy (non-hydrogen) atoms. The van der Waals surface area contributed by atoms with Crippen molar-refractivity contribution < 1.29 is 4.74 Å². The van der Waals surface area contributed by atoms with Gasteiger partial charge in [-0.3, -0.25) is 5.32 Å². The summed E-state index contributed by atoms with van der Waals surface area (Å²) in [6, 6.07) is 10.5. The second kappa shape index (κ2) is 4.58. The lowest BCUT2D eigenvalue weighted by molar-refractivity contribution is -0.0126. The monoisotopic (exact) mass is 191 g/mol. The SMILES string of the molecule is CC(c1ccccc1)C1NCCCO1. The van der Waals surface area contributed by atoms with Crippen molar-refractivity contribution in [1.82, 2.24) is 5.32 Å². The van der Waals surface area contributed by atoms with Crippen LogP contribution in [0.4, 0.5) is 0 Å². The van der Waals surface area contributed by atoms with E-state index in [1.165, 1.54) is 5.56 Å². The number of ether oxygens (including phenoxy) is 1. The molecule has 2 rings (SSSR count). The Labute approximate surface area is 85.3 Å². The Balaban J connectivity index is 2.03. The van der Waals surface area contributed by atoms with E-state index < -0.39 is 0 Å². The van der Waals surface area contributed by atoms with E-state index in [1.54, 1.807) is 0 Å². The summed E-state index contributed by atoms with van der Waals surface area (Å²) in [7, 11) is 0. The molecule has 0 spiro atoms. The summed E-state index contributed by atoms with van der Waals surface area (Å²) >= 11 is 0. The van der Waals surface area contributed by atoms with E-state index in [-0.39, 0.29) is 6.23 Å². The average molecular weight is 191 g/mol. The quantitative estimate of drug-likeness (QED) is 0.773. The smallest absolute Gasteiger partial charge is 0.114 e. The number of hydrogen-bond donors (Lipinski definition) is 1. The molecule has 1 saturated heterocycles. The molecule has 1 aromatic carbocycles. The van der Waals surface area contributed by atoms with Crippen LogP contribution in [0.5, 0.6) is 0 Å². The fourth-order valence-corrected chi connectivity index (χ4v) is 1.84. The lowest BCUT2D eigenvalue weighted by Crippen LogP contribution is -2.41. The van der Waals surface area contributed by atoms with Gasteiger partial charge in [-0.05, 0) is 18.5 Å². The molecule has 0 aliphatic carbocycles. The molecule has 0 amide bonds. The van der Waals surface area contributed by atoms with Gasteiger partial charge < -0.3 is 4.74 Å². The van der Waals surface area contributed by atoms with Gasteiger partial charge in [-0.15, -0.1) is 0 Å². The van der Waals surface area contributed by atoms with Crippen molar-refractivity contribution in [3.05, 3.63) is 35.9 Å². The van der Waals surface area contributed by atoms with Crippen LogP contribution in [0.15, 0.2) is 30.3 Å². The van der Waals surface area contributed by atoms with Crippen LogP contribution in [0.1, 0.15) is 24.8 Å². The Bertz CT molecular complexity index is 267. The molecule has 0 bridgehead atoms. The second-order valence-electron chi connectivity index (χ2n) is 3.80. The summed E-state index contributed by atoms with van der Waals surface area (Å²) in [6.07, 6.45) is 1.31. The molecule has 2 nitrogen and oxygen atoms in total. The number of hydrogen-bond acceptors (Lipinski definition) is 2. The highest BCUT2D eigenvalue weighted by molar-refractivity contribution is 5.19. The molecule has 1 fully saturated rings. The van der Waals surface area contributed by atoms with E-state index in [0.717, 1.165) is 19.6 Å². The maximum Gasteiger partial charge on any atom is 0.114 e. The zero-order chi connectivity index (χ0) is 9.80. The third-order valence-electron chi connectivity index (χ3n) is 2.74. The molecular weight excluding hydrogens is 174 g/mol. The minimum Gasteiger partial charge on any atom is -0.363 e. The van der Waals surface area contributed by atoms with Crippen LogP contribution in [0, 0.1) is 0 Å². The van der Waals surface area contributed by atoms with Gasteiger partial charge in [0.2, 0.25) is 0 Å². The summed E-state index contributed by atoms with van der Waals surface area (Å²) in [4.78, 5) is 0. The van der Waals surface area contributed by atoms with Gasteiger partial charge in [0.1, 0.15) is 6.23 Å². The number of benzene rings is 1. The fourth-order valence-electron chi connectivity index (χ4n) is 1.84. The molecule has 1 N–H and O–H groups in total. The first-order valence-electron chi connectivity index (χ1n) is 5.28. The van der Waals surface area contributed by atoms with Crippen LogP contribution in [-0.4, -0.2) is 19.4 Å². The molecule has 1 aromatic rings. The van der Waals surface area contributed by atoms with Gasteiger partial charge in [0, 0.05) is 12.5 Å². The lowest BCUT2D eigenvalue weighted by atomic mass is 9.99. The largest absolute Gasteiger partial charge is 0.363 e. The fraction of sp³-hybridized carbons (Fsp3) is 0.500. The van der Waals surface area contributed by atoms with E-state index >= 15 is 0 Å². The van der Waals surface area contributed by atoms with Crippen LogP contribution in [0.25, 0.3) is 0 Å². The molecule has 0 radical (unpaired) electrons. The molecular formula is C12H17NO. The first-order chi connectivity index (χ1) is 6.88. The summed E-state index contributed by atoms with van der Waals surface area (Å²) in [5.74, 6) is 0.427. The molecule has 0 saturated carbocycles. The van der Waals surface area contributed by atoms with Gasteiger partial charge in [0.15, 0.2) is 0 Å². The highest BCUT2D eigenvalue weighted by Crippen LogP contribution is 2.20. The average Bonchev–Trinajstić information content (AvgIpc) is 2.30. The Kier molecular flexibility index (Phi) is 3.17. The van der Waals surface area contributed by atoms with Crippen molar-refractivity contribution in [2.45, 2.75) is 25.5 Å². The van der Waals surface area contributed by atoms with E-state index in [0.29, 0.717) is 5.92 Å². The van der Waals surface area contributed by atoms with Crippen molar-refractivity contribution >= 4 is 0 Å². The topological polar surface area (TPSA) is 21.3 Å². The minimum atomic E-state index is 0.186. The molecule has 76 valence electrons. The van der Waals surface area contributed by atoms with Gasteiger partial charge in [-0.25, -0.2) is 0 Å². The maximum absolute atomic E-state index is 5.68. The highest BCUT2D eigenvalue weighted by atomic mass is 16.5. The standard InChI is InChI=1S/C12H17NO/c1-10(11-6-3-2-4-7-11)12-13-8-5-9-14-12/h2-4,6-7,10,12-13H,5,8-9H2,1H3. The van der Waals surface area contributed by atoms with Crippen molar-refractivity contribution in [1.29, 1.82) is 0 Å². The van der Waals surface area contributed by atoms with Gasteiger partial charge in [-0.2, -0.15) is 0 Å². The third-order valence-corrected chi connectivity index (χ3v) is 2.74. The second-order valence-corrected chi connectivity index (χ2v) is 3.80. The van der Waals surface area contributed by atoms with Crippen LogP contribution in [-0.2, 0) is 4.74 Å². The molecule has 2 atom stereocenters. The molecule has 1 heterocycles.